The maximum atomic E-state index is 13.6. The normalized spacial score (nSPS) is 12.8. The third-order valence-corrected chi connectivity index (χ3v) is 6.65. The Balaban J connectivity index is 2.20. The monoisotopic (exact) mass is 478 g/mol. The summed E-state index contributed by atoms with van der Waals surface area (Å²) >= 11 is 5.97. The second-order valence-corrected chi connectivity index (χ2v) is 9.67. The van der Waals surface area contributed by atoms with Gasteiger partial charge < -0.3 is 4.57 Å². The van der Waals surface area contributed by atoms with E-state index in [0.717, 1.165) is 18.2 Å². The van der Waals surface area contributed by atoms with Gasteiger partial charge in [-0.1, -0.05) is 43.6 Å². The Morgan fingerprint density at radius 1 is 1.12 bits per heavy atom. The summed E-state index contributed by atoms with van der Waals surface area (Å²) < 4.78 is 67.9. The number of sulfone groups is 1. The fourth-order valence-corrected chi connectivity index (χ4v) is 4.57. The maximum absolute atomic E-state index is 13.6. The van der Waals surface area contributed by atoms with Crippen LogP contribution in [0.1, 0.15) is 36.6 Å². The largest absolute Gasteiger partial charge is 0.418 e. The summed E-state index contributed by atoms with van der Waals surface area (Å²) in [6, 6.07) is 14.0. The van der Waals surface area contributed by atoms with E-state index in [1.807, 2.05) is 0 Å². The van der Waals surface area contributed by atoms with Gasteiger partial charge in [0.15, 0.2) is 0 Å². The Morgan fingerprint density at radius 2 is 1.78 bits per heavy atom. The van der Waals surface area contributed by atoms with Crippen LogP contribution in [0.5, 0.6) is 0 Å². The standard InChI is InChI=1S/C23H18ClF3N2O2S/c1-15(2)21-11-16(10-19(13-28)32(30,31)18-6-4-3-5-7-18)14-29(21)22-12-17(24)8-9-20(22)23(25,26)27/h3-12,14-15H,1-2H3/b19-10+. The van der Waals surface area contributed by atoms with Crippen LogP contribution in [0.2, 0.25) is 5.02 Å². The molecule has 0 radical (unpaired) electrons. The summed E-state index contributed by atoms with van der Waals surface area (Å²) in [5.74, 6) is -0.200. The van der Waals surface area contributed by atoms with Crippen LogP contribution in [0, 0.1) is 11.3 Å². The molecule has 2 aromatic carbocycles. The van der Waals surface area contributed by atoms with Crippen LogP contribution in [0.25, 0.3) is 11.8 Å². The van der Waals surface area contributed by atoms with Gasteiger partial charge in [-0.05, 0) is 54.0 Å². The zero-order valence-electron chi connectivity index (χ0n) is 17.1. The minimum absolute atomic E-state index is 0.0504. The first-order valence-electron chi connectivity index (χ1n) is 9.46. The van der Waals surface area contributed by atoms with Crippen molar-refractivity contribution < 1.29 is 21.6 Å². The molecule has 166 valence electrons. The van der Waals surface area contributed by atoms with Crippen LogP contribution in [0.4, 0.5) is 13.2 Å². The summed E-state index contributed by atoms with van der Waals surface area (Å²) in [4.78, 5) is -0.566. The first-order chi connectivity index (χ1) is 14.9. The van der Waals surface area contributed by atoms with E-state index in [1.165, 1.54) is 41.1 Å². The van der Waals surface area contributed by atoms with Crippen LogP contribution in [0.15, 0.2) is 70.6 Å². The highest BCUT2D eigenvalue weighted by atomic mass is 35.5. The van der Waals surface area contributed by atoms with Crippen molar-refractivity contribution in [3.63, 3.8) is 0 Å². The molecule has 0 saturated carbocycles. The quantitative estimate of drug-likeness (QED) is 0.387. The summed E-state index contributed by atoms with van der Waals surface area (Å²) in [6.07, 6.45) is -2.10. The van der Waals surface area contributed by atoms with Crippen molar-refractivity contribution in [3.05, 3.63) is 87.5 Å². The van der Waals surface area contributed by atoms with Crippen LogP contribution >= 0.6 is 11.6 Å². The van der Waals surface area contributed by atoms with Gasteiger partial charge in [-0.2, -0.15) is 18.4 Å². The van der Waals surface area contributed by atoms with E-state index in [2.05, 4.69) is 0 Å². The van der Waals surface area contributed by atoms with E-state index in [9.17, 15) is 26.9 Å². The molecule has 3 aromatic rings. The van der Waals surface area contributed by atoms with Crippen LogP contribution < -0.4 is 0 Å². The van der Waals surface area contributed by atoms with Crippen LogP contribution in [-0.2, 0) is 16.0 Å². The van der Waals surface area contributed by atoms with E-state index in [4.69, 9.17) is 11.6 Å². The lowest BCUT2D eigenvalue weighted by Gasteiger charge is -2.18. The minimum atomic E-state index is -4.62. The smallest absolute Gasteiger partial charge is 0.319 e. The van der Waals surface area contributed by atoms with Gasteiger partial charge >= 0.3 is 6.18 Å². The summed E-state index contributed by atoms with van der Waals surface area (Å²) in [5, 5.41) is 9.63. The Labute approximate surface area is 189 Å². The number of allylic oxidation sites excluding steroid dienone is 1. The molecule has 0 saturated heterocycles. The molecule has 0 aliphatic rings. The SMILES string of the molecule is CC(C)c1cc(/C=C(\C#N)S(=O)(=O)c2ccccc2)cn1-c1cc(Cl)ccc1C(F)(F)F. The molecule has 0 bridgehead atoms. The van der Waals surface area contributed by atoms with E-state index in [1.54, 1.807) is 32.0 Å². The van der Waals surface area contributed by atoms with Crippen LogP contribution in [-0.4, -0.2) is 13.0 Å². The van der Waals surface area contributed by atoms with Crippen LogP contribution in [0.3, 0.4) is 0 Å². The number of aromatic nitrogens is 1. The molecular weight excluding hydrogens is 461 g/mol. The Bertz CT molecular complexity index is 1320. The van der Waals surface area contributed by atoms with Crippen molar-refractivity contribution in [2.75, 3.05) is 0 Å². The summed E-state index contributed by atoms with van der Waals surface area (Å²) in [7, 11) is -4.09. The van der Waals surface area contributed by atoms with Crippen molar-refractivity contribution in [1.29, 1.82) is 5.26 Å². The molecule has 3 rings (SSSR count). The van der Waals surface area contributed by atoms with Gasteiger partial charge in [0.1, 0.15) is 11.0 Å². The molecular formula is C23H18ClF3N2O2S. The molecule has 0 atom stereocenters. The zero-order valence-corrected chi connectivity index (χ0v) is 18.6. The highest BCUT2D eigenvalue weighted by Crippen LogP contribution is 2.37. The topological polar surface area (TPSA) is 62.9 Å². The molecule has 32 heavy (non-hydrogen) atoms. The number of alkyl halides is 3. The van der Waals surface area contributed by atoms with Gasteiger partial charge in [-0.3, -0.25) is 0 Å². The molecule has 4 nitrogen and oxygen atoms in total. The molecule has 0 fully saturated rings. The Kier molecular flexibility index (Phi) is 6.54. The molecule has 1 heterocycles. The van der Waals surface area contributed by atoms with E-state index in [0.29, 0.717) is 5.69 Å². The van der Waals surface area contributed by atoms with Crippen molar-refractivity contribution in [2.45, 2.75) is 30.8 Å². The summed E-state index contributed by atoms with van der Waals surface area (Å²) in [5.41, 5.74) is -0.290. The third kappa shape index (κ3) is 4.74. The van der Waals surface area contributed by atoms with Gasteiger partial charge in [0, 0.05) is 16.9 Å². The fraction of sp³-hybridized carbons (Fsp3) is 0.174. The summed E-state index contributed by atoms with van der Waals surface area (Å²) in [6.45, 7) is 3.59. The average Bonchev–Trinajstić information content (AvgIpc) is 3.16. The predicted molar refractivity (Wildman–Crippen MR) is 117 cm³/mol. The molecule has 1 aromatic heterocycles. The molecule has 0 N–H and O–H groups in total. The van der Waals surface area contributed by atoms with E-state index in [-0.39, 0.29) is 27.1 Å². The lowest BCUT2D eigenvalue weighted by atomic mass is 10.1. The maximum Gasteiger partial charge on any atom is 0.418 e. The second-order valence-electron chi connectivity index (χ2n) is 7.32. The first kappa shape index (κ1) is 23.6. The fourth-order valence-electron chi connectivity index (χ4n) is 3.23. The molecule has 0 aliphatic carbocycles. The van der Waals surface area contributed by atoms with Gasteiger partial charge in [-0.15, -0.1) is 0 Å². The number of benzene rings is 2. The van der Waals surface area contributed by atoms with Gasteiger partial charge in [0.2, 0.25) is 9.84 Å². The number of hydrogen-bond donors (Lipinski definition) is 0. The molecule has 0 aliphatic heterocycles. The zero-order chi connectivity index (χ0) is 23.7. The first-order valence-corrected chi connectivity index (χ1v) is 11.3. The number of nitriles is 1. The Hall–Kier alpha value is -3.02. The lowest BCUT2D eigenvalue weighted by Crippen LogP contribution is -2.12. The Morgan fingerprint density at radius 3 is 2.34 bits per heavy atom. The second kappa shape index (κ2) is 8.85. The van der Waals surface area contributed by atoms with Gasteiger partial charge in [0.25, 0.3) is 0 Å². The molecule has 0 unspecified atom stereocenters. The lowest BCUT2D eigenvalue weighted by molar-refractivity contribution is -0.137. The van der Waals surface area contributed by atoms with E-state index >= 15 is 0 Å². The number of nitrogens with zero attached hydrogens (tertiary/aromatic N) is 2. The highest BCUT2D eigenvalue weighted by Gasteiger charge is 2.34. The van der Waals surface area contributed by atoms with E-state index < -0.39 is 26.5 Å². The molecule has 0 spiro atoms. The van der Waals surface area contributed by atoms with Crippen molar-refractivity contribution in [3.8, 4) is 11.8 Å². The number of hydrogen-bond acceptors (Lipinski definition) is 3. The number of halogens is 4. The molecule has 0 amide bonds. The number of rotatable bonds is 5. The van der Waals surface area contributed by atoms with Gasteiger partial charge in [0.05, 0.1) is 16.1 Å². The average molecular weight is 479 g/mol. The van der Waals surface area contributed by atoms with Crippen molar-refractivity contribution in [1.82, 2.24) is 4.57 Å². The van der Waals surface area contributed by atoms with Gasteiger partial charge in [-0.25, -0.2) is 8.42 Å². The van der Waals surface area contributed by atoms with Crippen molar-refractivity contribution in [2.24, 2.45) is 0 Å². The predicted octanol–water partition coefficient (Wildman–Crippen LogP) is 6.61. The third-order valence-electron chi connectivity index (χ3n) is 4.74. The highest BCUT2D eigenvalue weighted by molar-refractivity contribution is 7.95. The molecule has 9 heteroatoms. The minimum Gasteiger partial charge on any atom is -0.319 e. The van der Waals surface area contributed by atoms with Crippen molar-refractivity contribution >= 4 is 27.5 Å².